The van der Waals surface area contributed by atoms with Crippen LogP contribution in [0.25, 0.3) is 0 Å². The van der Waals surface area contributed by atoms with E-state index in [1.54, 1.807) is 25.1 Å². The van der Waals surface area contributed by atoms with Gasteiger partial charge in [0.25, 0.3) is 0 Å². The number of sulfonamides is 1. The van der Waals surface area contributed by atoms with E-state index in [1.165, 1.54) is 23.6 Å². The fraction of sp³-hybridized carbons (Fsp3) is 0.696. The third-order valence-electron chi connectivity index (χ3n) is 6.07. The Hall–Kier alpha value is -1.31. The van der Waals surface area contributed by atoms with Gasteiger partial charge in [-0.3, -0.25) is 0 Å². The molecule has 0 bridgehead atoms. The van der Waals surface area contributed by atoms with Crippen LogP contribution in [0.15, 0.2) is 23.1 Å². The van der Waals surface area contributed by atoms with Crippen molar-refractivity contribution in [3.8, 4) is 0 Å². The summed E-state index contributed by atoms with van der Waals surface area (Å²) < 4.78 is 27.9. The summed E-state index contributed by atoms with van der Waals surface area (Å²) in [5.74, 6) is 0. The van der Waals surface area contributed by atoms with Gasteiger partial charge in [-0.25, -0.2) is 13.2 Å². The molecule has 2 amide bonds. The minimum absolute atomic E-state index is 0. The number of rotatable bonds is 5. The number of urea groups is 1. The summed E-state index contributed by atoms with van der Waals surface area (Å²) >= 11 is 6.13. The Morgan fingerprint density at radius 3 is 2.39 bits per heavy atom. The summed E-state index contributed by atoms with van der Waals surface area (Å²) in [6.45, 7) is 2.50. The smallest absolute Gasteiger partial charge is 0.315 e. The van der Waals surface area contributed by atoms with Gasteiger partial charge in [0, 0.05) is 30.2 Å². The molecule has 6 nitrogen and oxygen atoms in total. The molecule has 2 N–H and O–H groups in total. The van der Waals surface area contributed by atoms with Gasteiger partial charge < -0.3 is 10.6 Å². The number of halogens is 1. The van der Waals surface area contributed by atoms with Crippen LogP contribution in [0, 0.1) is 6.92 Å². The maximum atomic E-state index is 13.2. The maximum Gasteiger partial charge on any atom is 0.315 e. The highest BCUT2D eigenvalue weighted by Crippen LogP contribution is 2.30. The van der Waals surface area contributed by atoms with E-state index < -0.39 is 10.0 Å². The Kier molecular flexibility index (Phi) is 11.3. The van der Waals surface area contributed by atoms with Gasteiger partial charge in [-0.2, -0.15) is 4.31 Å². The normalized spacial score (nSPS) is 20.6. The van der Waals surface area contributed by atoms with Crippen LogP contribution in [0.2, 0.25) is 5.02 Å². The number of amides is 2. The number of carbonyl (C=O) groups excluding carboxylic acids is 1. The second kappa shape index (κ2) is 12.7. The molecule has 0 spiro atoms. The van der Waals surface area contributed by atoms with Gasteiger partial charge in [-0.1, -0.05) is 64.6 Å². The minimum atomic E-state index is -3.65. The Balaban J connectivity index is 0.00000240. The van der Waals surface area contributed by atoms with Gasteiger partial charge in [-0.05, 0) is 50.3 Å². The molecule has 2 aliphatic rings. The van der Waals surface area contributed by atoms with Gasteiger partial charge in [0.05, 0.1) is 4.90 Å². The van der Waals surface area contributed by atoms with Crippen molar-refractivity contribution < 1.29 is 13.2 Å². The van der Waals surface area contributed by atoms with E-state index in [9.17, 15) is 13.2 Å². The molecule has 178 valence electrons. The molecule has 1 atom stereocenters. The van der Waals surface area contributed by atoms with Crippen LogP contribution in [0.5, 0.6) is 0 Å². The van der Waals surface area contributed by atoms with E-state index in [2.05, 4.69) is 10.6 Å². The van der Waals surface area contributed by atoms with Crippen LogP contribution in [0.3, 0.4) is 0 Å². The van der Waals surface area contributed by atoms with Crippen molar-refractivity contribution in [2.45, 2.75) is 96.5 Å². The van der Waals surface area contributed by atoms with Gasteiger partial charge >= 0.3 is 6.03 Å². The first-order chi connectivity index (χ1) is 13.9. The molecule has 1 heterocycles. The lowest BCUT2D eigenvalue weighted by Gasteiger charge is -2.26. The molecular formula is C23H40ClN3O3S. The fourth-order valence-corrected chi connectivity index (χ4v) is 6.54. The van der Waals surface area contributed by atoms with Crippen LogP contribution in [-0.4, -0.2) is 43.9 Å². The summed E-state index contributed by atoms with van der Waals surface area (Å²) in [7, 11) is -3.65. The molecular weight excluding hydrogens is 434 g/mol. The average molecular weight is 474 g/mol. The van der Waals surface area contributed by atoms with E-state index in [4.69, 9.17) is 11.6 Å². The van der Waals surface area contributed by atoms with Gasteiger partial charge in [0.1, 0.15) is 0 Å². The lowest BCUT2D eigenvalue weighted by atomic mass is 9.97. The Morgan fingerprint density at radius 1 is 1.06 bits per heavy atom. The third kappa shape index (κ3) is 7.09. The third-order valence-corrected chi connectivity index (χ3v) is 8.57. The highest BCUT2D eigenvalue weighted by molar-refractivity contribution is 7.89. The number of nitrogens with one attached hydrogen (secondary N) is 2. The summed E-state index contributed by atoms with van der Waals surface area (Å²) in [6, 6.07) is 4.74. The molecule has 0 aromatic heterocycles. The van der Waals surface area contributed by atoms with Crippen LogP contribution >= 0.6 is 11.6 Å². The molecule has 0 radical (unpaired) electrons. The second-order valence-corrected chi connectivity index (χ2v) is 10.4. The monoisotopic (exact) mass is 473 g/mol. The lowest BCUT2D eigenvalue weighted by Crippen LogP contribution is -2.48. The molecule has 1 saturated carbocycles. The van der Waals surface area contributed by atoms with Crippen molar-refractivity contribution in [3.63, 3.8) is 0 Å². The lowest BCUT2D eigenvalue weighted by molar-refractivity contribution is 0.231. The van der Waals surface area contributed by atoms with Crippen LogP contribution in [0.1, 0.15) is 78.2 Å². The zero-order chi connectivity index (χ0) is 20.9. The summed E-state index contributed by atoms with van der Waals surface area (Å²) in [4.78, 5) is 12.6. The van der Waals surface area contributed by atoms with Crippen LogP contribution < -0.4 is 10.6 Å². The van der Waals surface area contributed by atoms with Crippen molar-refractivity contribution in [1.29, 1.82) is 0 Å². The Bertz CT molecular complexity index is 808. The van der Waals surface area contributed by atoms with Crippen LogP contribution in [0.4, 0.5) is 4.79 Å². The molecule has 2 fully saturated rings. The quantitative estimate of drug-likeness (QED) is 0.593. The number of nitrogens with zero attached hydrogens (tertiary/aromatic N) is 1. The zero-order valence-corrected chi connectivity index (χ0v) is 18.7. The fourth-order valence-electron chi connectivity index (χ4n) is 4.37. The minimum Gasteiger partial charge on any atom is -0.337 e. The zero-order valence-electron chi connectivity index (χ0n) is 17.1. The van der Waals surface area contributed by atoms with E-state index in [-0.39, 0.29) is 37.9 Å². The van der Waals surface area contributed by atoms with Crippen LogP contribution in [-0.2, 0) is 10.0 Å². The van der Waals surface area contributed by atoms with E-state index in [1.807, 2.05) is 0 Å². The summed E-state index contributed by atoms with van der Waals surface area (Å²) in [6.07, 6.45) is 9.62. The summed E-state index contributed by atoms with van der Waals surface area (Å²) in [5.41, 5.74) is 0.565. The van der Waals surface area contributed by atoms with E-state index >= 15 is 0 Å². The SMILES string of the molecule is C.C.Cc1c(Cl)cccc1S(=O)(=O)N1CCCC1CNC(=O)NC1CCCCCCC1. The first kappa shape index (κ1) is 27.7. The second-order valence-electron chi connectivity index (χ2n) is 8.17. The van der Waals surface area contributed by atoms with E-state index in [0.29, 0.717) is 23.7 Å². The first-order valence-electron chi connectivity index (χ1n) is 10.7. The van der Waals surface area contributed by atoms with Crippen molar-refractivity contribution in [2.24, 2.45) is 0 Å². The van der Waals surface area contributed by atoms with Crippen molar-refractivity contribution in [3.05, 3.63) is 28.8 Å². The molecule has 1 aromatic carbocycles. The largest absolute Gasteiger partial charge is 0.337 e. The number of carbonyl (C=O) groups is 1. The summed E-state index contributed by atoms with van der Waals surface area (Å²) in [5, 5.41) is 6.43. The highest BCUT2D eigenvalue weighted by atomic mass is 35.5. The Morgan fingerprint density at radius 2 is 1.71 bits per heavy atom. The molecule has 8 heteroatoms. The maximum absolute atomic E-state index is 13.2. The molecule has 3 rings (SSSR count). The van der Waals surface area contributed by atoms with Gasteiger partial charge in [-0.15, -0.1) is 0 Å². The molecule has 1 aliphatic heterocycles. The molecule has 31 heavy (non-hydrogen) atoms. The number of benzene rings is 1. The number of hydrogen-bond donors (Lipinski definition) is 2. The highest BCUT2D eigenvalue weighted by Gasteiger charge is 2.36. The average Bonchev–Trinajstić information content (AvgIpc) is 3.14. The predicted molar refractivity (Wildman–Crippen MR) is 129 cm³/mol. The molecule has 1 aliphatic carbocycles. The first-order valence-corrected chi connectivity index (χ1v) is 12.5. The standard InChI is InChI=1S/C21H32ClN3O3S.2CH4/c1-16-19(22)12-7-13-20(16)29(27,28)25-14-8-11-18(25)15-23-21(26)24-17-9-5-3-2-4-6-10-17;;/h7,12-13,17-18H,2-6,8-11,14-15H2,1H3,(H2,23,24,26);2*1H4. The van der Waals surface area contributed by atoms with E-state index in [0.717, 1.165) is 38.5 Å². The topological polar surface area (TPSA) is 78.5 Å². The number of hydrogen-bond acceptors (Lipinski definition) is 3. The van der Waals surface area contributed by atoms with Crippen molar-refractivity contribution >= 4 is 27.7 Å². The molecule has 1 saturated heterocycles. The van der Waals surface area contributed by atoms with Crippen molar-refractivity contribution in [2.75, 3.05) is 13.1 Å². The molecule has 1 aromatic rings. The molecule has 1 unspecified atom stereocenters. The predicted octanol–water partition coefficient (Wildman–Crippen LogP) is 5.49. The van der Waals surface area contributed by atoms with Gasteiger partial charge in [0.2, 0.25) is 10.0 Å². The van der Waals surface area contributed by atoms with Gasteiger partial charge in [0.15, 0.2) is 0 Å². The Labute approximate surface area is 194 Å². The van der Waals surface area contributed by atoms with Crippen molar-refractivity contribution in [1.82, 2.24) is 14.9 Å².